The minimum atomic E-state index is -0.224. The van der Waals surface area contributed by atoms with Gasteiger partial charge < -0.3 is 19.5 Å². The Labute approximate surface area is 155 Å². The number of nitrogens with zero attached hydrogens (tertiary/aromatic N) is 3. The van der Waals surface area contributed by atoms with Crippen LogP contribution in [-0.2, 0) is 11.3 Å². The maximum atomic E-state index is 12.6. The van der Waals surface area contributed by atoms with Crippen LogP contribution in [-0.4, -0.2) is 72.5 Å². The van der Waals surface area contributed by atoms with Crippen molar-refractivity contribution in [2.24, 2.45) is 5.41 Å². The van der Waals surface area contributed by atoms with Crippen molar-refractivity contribution in [3.63, 3.8) is 0 Å². The summed E-state index contributed by atoms with van der Waals surface area (Å²) in [5.74, 6) is 1.98. The van der Waals surface area contributed by atoms with Gasteiger partial charge >= 0.3 is 6.03 Å². The van der Waals surface area contributed by atoms with Crippen LogP contribution in [0.1, 0.15) is 31.8 Å². The summed E-state index contributed by atoms with van der Waals surface area (Å²) in [6, 6.07) is 4.02. The first-order chi connectivity index (χ1) is 12.3. The van der Waals surface area contributed by atoms with E-state index in [1.54, 1.807) is 4.90 Å². The zero-order chi connectivity index (χ0) is 18.9. The Morgan fingerprint density at radius 1 is 1.27 bits per heavy atom. The third kappa shape index (κ3) is 4.20. The lowest BCUT2D eigenvalue weighted by Crippen LogP contribution is -2.48. The van der Waals surface area contributed by atoms with Gasteiger partial charge in [-0.15, -0.1) is 0 Å². The third-order valence-corrected chi connectivity index (χ3v) is 5.17. The smallest absolute Gasteiger partial charge is 0.317 e. The van der Waals surface area contributed by atoms with Gasteiger partial charge in [-0.1, -0.05) is 0 Å². The predicted octanol–water partition coefficient (Wildman–Crippen LogP) is 1.67. The summed E-state index contributed by atoms with van der Waals surface area (Å²) in [6.07, 6.45) is 0.489. The monoisotopic (exact) mass is 362 g/mol. The molecule has 1 aromatic heterocycles. The molecule has 1 atom stereocenters. The summed E-state index contributed by atoms with van der Waals surface area (Å²) in [5, 5.41) is 2.99. The first kappa shape index (κ1) is 18.8. The molecule has 0 radical (unpaired) electrons. The van der Waals surface area contributed by atoms with E-state index in [2.05, 4.69) is 10.2 Å². The van der Waals surface area contributed by atoms with Crippen LogP contribution >= 0.6 is 0 Å². The number of hydrogen-bond donors (Lipinski definition) is 1. The molecule has 2 aliphatic heterocycles. The molecule has 3 rings (SSSR count). The van der Waals surface area contributed by atoms with Crippen molar-refractivity contribution in [1.82, 2.24) is 20.0 Å². The van der Waals surface area contributed by atoms with Gasteiger partial charge in [0.25, 0.3) is 0 Å². The van der Waals surface area contributed by atoms with Gasteiger partial charge in [-0.3, -0.25) is 9.69 Å². The summed E-state index contributed by atoms with van der Waals surface area (Å²) in [5.41, 5.74) is -0.224. The van der Waals surface area contributed by atoms with Crippen LogP contribution in [0.25, 0.3) is 0 Å². The highest BCUT2D eigenvalue weighted by atomic mass is 16.3. The molecule has 7 nitrogen and oxygen atoms in total. The number of likely N-dealkylation sites (tertiary alicyclic amines) is 1. The Morgan fingerprint density at radius 3 is 2.62 bits per heavy atom. The molecule has 144 valence electrons. The highest BCUT2D eigenvalue weighted by Gasteiger charge is 2.46. The molecule has 2 fully saturated rings. The number of aryl methyl sites for hydroxylation is 1. The Kier molecular flexibility index (Phi) is 5.27. The average Bonchev–Trinajstić information content (AvgIpc) is 2.99. The molecule has 1 spiro atoms. The van der Waals surface area contributed by atoms with Gasteiger partial charge in [0, 0.05) is 57.6 Å². The number of carbonyl (C=O) groups is 2. The number of urea groups is 1. The fourth-order valence-electron chi connectivity index (χ4n) is 4.10. The Balaban J connectivity index is 1.78. The minimum Gasteiger partial charge on any atom is -0.465 e. The van der Waals surface area contributed by atoms with E-state index in [0.717, 1.165) is 24.6 Å². The molecule has 3 heterocycles. The molecule has 2 saturated heterocycles. The highest BCUT2D eigenvalue weighted by molar-refractivity contribution is 5.80. The maximum absolute atomic E-state index is 12.6. The van der Waals surface area contributed by atoms with Crippen molar-refractivity contribution in [3.8, 4) is 0 Å². The second-order valence-electron chi connectivity index (χ2n) is 8.18. The summed E-state index contributed by atoms with van der Waals surface area (Å²) >= 11 is 0. The van der Waals surface area contributed by atoms with Crippen LogP contribution in [0.3, 0.4) is 0 Å². The van der Waals surface area contributed by atoms with Crippen molar-refractivity contribution in [3.05, 3.63) is 23.7 Å². The maximum Gasteiger partial charge on any atom is 0.317 e. The molecule has 1 unspecified atom stereocenters. The molecule has 0 bridgehead atoms. The van der Waals surface area contributed by atoms with E-state index in [1.807, 2.05) is 44.9 Å². The van der Waals surface area contributed by atoms with Crippen LogP contribution in [0.15, 0.2) is 16.5 Å². The van der Waals surface area contributed by atoms with Gasteiger partial charge in [0.1, 0.15) is 11.5 Å². The number of nitrogens with one attached hydrogen (secondary N) is 1. The van der Waals surface area contributed by atoms with E-state index in [4.69, 9.17) is 4.42 Å². The molecule has 3 amide bonds. The number of hydrogen-bond acceptors (Lipinski definition) is 4. The summed E-state index contributed by atoms with van der Waals surface area (Å²) in [4.78, 5) is 30.8. The molecule has 1 N–H and O–H groups in total. The predicted molar refractivity (Wildman–Crippen MR) is 98.6 cm³/mol. The average molecular weight is 362 g/mol. The largest absolute Gasteiger partial charge is 0.465 e. The summed E-state index contributed by atoms with van der Waals surface area (Å²) in [7, 11) is 1.85. The molecule has 7 heteroatoms. The molecular formula is C19H30N4O3. The molecule has 0 aromatic carbocycles. The van der Waals surface area contributed by atoms with Crippen molar-refractivity contribution < 1.29 is 14.0 Å². The van der Waals surface area contributed by atoms with Gasteiger partial charge in [-0.2, -0.15) is 0 Å². The van der Waals surface area contributed by atoms with Crippen LogP contribution in [0.2, 0.25) is 0 Å². The van der Waals surface area contributed by atoms with E-state index >= 15 is 0 Å². The first-order valence-electron chi connectivity index (χ1n) is 9.33. The molecule has 1 aromatic rings. The Bertz CT molecular complexity index is 671. The van der Waals surface area contributed by atoms with Crippen molar-refractivity contribution in [2.75, 3.05) is 39.8 Å². The van der Waals surface area contributed by atoms with Gasteiger partial charge in [0.2, 0.25) is 5.91 Å². The minimum absolute atomic E-state index is 0.0444. The lowest BCUT2D eigenvalue weighted by atomic mass is 9.86. The fourth-order valence-corrected chi connectivity index (χ4v) is 4.10. The zero-order valence-electron chi connectivity index (χ0n) is 16.2. The van der Waals surface area contributed by atoms with Gasteiger partial charge in [-0.05, 0) is 32.9 Å². The van der Waals surface area contributed by atoms with Crippen LogP contribution in [0.5, 0.6) is 0 Å². The van der Waals surface area contributed by atoms with Crippen LogP contribution < -0.4 is 5.32 Å². The lowest BCUT2D eigenvalue weighted by Gasteiger charge is -2.33. The van der Waals surface area contributed by atoms with Crippen molar-refractivity contribution in [1.29, 1.82) is 0 Å². The molecule has 2 aliphatic rings. The first-order valence-corrected chi connectivity index (χ1v) is 9.33. The van der Waals surface area contributed by atoms with Gasteiger partial charge in [-0.25, -0.2) is 4.79 Å². The topological polar surface area (TPSA) is 69.0 Å². The zero-order valence-corrected chi connectivity index (χ0v) is 16.2. The standard InChI is InChI=1S/C19H30N4O3/c1-14(2)20-18(25)23-8-7-22(10-16-6-5-15(3)26-16)12-19(13-23)9-17(24)21(4)11-19/h5-6,14H,7-13H2,1-4H3,(H,20,25). The molecule has 26 heavy (non-hydrogen) atoms. The van der Waals surface area contributed by atoms with E-state index in [1.165, 1.54) is 0 Å². The fraction of sp³-hybridized carbons (Fsp3) is 0.684. The molecular weight excluding hydrogens is 332 g/mol. The SMILES string of the molecule is Cc1ccc(CN2CCN(C(=O)NC(C)C)CC3(CC(=O)N(C)C3)C2)o1. The number of furan rings is 1. The van der Waals surface area contributed by atoms with E-state index in [9.17, 15) is 9.59 Å². The van der Waals surface area contributed by atoms with E-state index in [-0.39, 0.29) is 23.4 Å². The van der Waals surface area contributed by atoms with Gasteiger partial charge in [0.05, 0.1) is 6.54 Å². The number of carbonyl (C=O) groups excluding carboxylic acids is 2. The van der Waals surface area contributed by atoms with Gasteiger partial charge in [0.15, 0.2) is 0 Å². The van der Waals surface area contributed by atoms with Crippen molar-refractivity contribution in [2.45, 2.75) is 39.8 Å². The third-order valence-electron chi connectivity index (χ3n) is 5.17. The van der Waals surface area contributed by atoms with Crippen LogP contribution in [0.4, 0.5) is 4.79 Å². The van der Waals surface area contributed by atoms with E-state index < -0.39 is 0 Å². The highest BCUT2D eigenvalue weighted by Crippen LogP contribution is 2.35. The summed E-state index contributed by atoms with van der Waals surface area (Å²) in [6.45, 7) is 10.1. The second kappa shape index (κ2) is 7.31. The van der Waals surface area contributed by atoms with Crippen LogP contribution in [0, 0.1) is 12.3 Å². The Morgan fingerprint density at radius 2 is 2.04 bits per heavy atom. The lowest BCUT2D eigenvalue weighted by molar-refractivity contribution is -0.126. The Hall–Kier alpha value is -2.02. The normalized spacial score (nSPS) is 24.6. The second-order valence-corrected chi connectivity index (χ2v) is 8.18. The molecule has 0 saturated carbocycles. The van der Waals surface area contributed by atoms with E-state index in [0.29, 0.717) is 32.6 Å². The summed E-state index contributed by atoms with van der Waals surface area (Å²) < 4.78 is 5.74. The number of amides is 3. The number of rotatable bonds is 3. The molecule has 0 aliphatic carbocycles. The quantitative estimate of drug-likeness (QED) is 0.888. The van der Waals surface area contributed by atoms with Crippen molar-refractivity contribution >= 4 is 11.9 Å².